The molecule has 3 rings (SSSR count). The molecule has 1 spiro atoms. The lowest BCUT2D eigenvalue weighted by molar-refractivity contribution is -0.169. The molecular formula is C16H24N2O2. The highest BCUT2D eigenvalue weighted by atomic mass is 16.7. The maximum absolute atomic E-state index is 5.76. The first-order valence-electron chi connectivity index (χ1n) is 7.48. The number of piperidine rings is 1. The second kappa shape index (κ2) is 5.01. The van der Waals surface area contributed by atoms with Gasteiger partial charge >= 0.3 is 0 Å². The molecule has 2 fully saturated rings. The molecular weight excluding hydrogens is 252 g/mol. The third-order valence-electron chi connectivity index (χ3n) is 4.28. The van der Waals surface area contributed by atoms with Crippen LogP contribution in [0.4, 0.5) is 5.82 Å². The van der Waals surface area contributed by atoms with E-state index in [1.807, 2.05) is 6.20 Å². The Hall–Kier alpha value is -1.13. The summed E-state index contributed by atoms with van der Waals surface area (Å²) >= 11 is 0. The molecule has 4 nitrogen and oxygen atoms in total. The summed E-state index contributed by atoms with van der Waals surface area (Å²) in [5, 5.41) is 0. The van der Waals surface area contributed by atoms with Crippen LogP contribution in [0.5, 0.6) is 0 Å². The van der Waals surface area contributed by atoms with Crippen molar-refractivity contribution in [2.75, 3.05) is 31.2 Å². The van der Waals surface area contributed by atoms with E-state index < -0.39 is 0 Å². The van der Waals surface area contributed by atoms with Gasteiger partial charge < -0.3 is 14.4 Å². The topological polar surface area (TPSA) is 34.6 Å². The first-order chi connectivity index (χ1) is 9.49. The van der Waals surface area contributed by atoms with Crippen molar-refractivity contribution in [3.63, 3.8) is 0 Å². The zero-order valence-electron chi connectivity index (χ0n) is 12.7. The van der Waals surface area contributed by atoms with Crippen LogP contribution in [0.25, 0.3) is 0 Å². The number of hydrogen-bond acceptors (Lipinski definition) is 4. The van der Waals surface area contributed by atoms with Crippen molar-refractivity contribution in [3.05, 3.63) is 23.9 Å². The molecule has 0 N–H and O–H groups in total. The molecule has 0 saturated carbocycles. The lowest BCUT2D eigenvalue weighted by Gasteiger charge is -2.38. The van der Waals surface area contributed by atoms with Gasteiger partial charge in [-0.15, -0.1) is 0 Å². The van der Waals surface area contributed by atoms with Gasteiger partial charge in [-0.3, -0.25) is 0 Å². The highest BCUT2D eigenvalue weighted by molar-refractivity contribution is 5.41. The molecule has 0 amide bonds. The summed E-state index contributed by atoms with van der Waals surface area (Å²) in [5.74, 6) is 0.757. The van der Waals surface area contributed by atoms with Gasteiger partial charge in [-0.1, -0.05) is 26.8 Å². The minimum absolute atomic E-state index is 0.156. The Labute approximate surface area is 121 Å². The van der Waals surface area contributed by atoms with Crippen LogP contribution in [-0.4, -0.2) is 37.1 Å². The summed E-state index contributed by atoms with van der Waals surface area (Å²) in [7, 11) is 0. The van der Waals surface area contributed by atoms with Gasteiger partial charge in [0.25, 0.3) is 0 Å². The van der Waals surface area contributed by atoms with Crippen molar-refractivity contribution in [1.82, 2.24) is 4.98 Å². The predicted molar refractivity (Wildman–Crippen MR) is 79.0 cm³/mol. The number of pyridine rings is 1. The van der Waals surface area contributed by atoms with Crippen LogP contribution in [0, 0.1) is 0 Å². The fourth-order valence-electron chi connectivity index (χ4n) is 2.88. The van der Waals surface area contributed by atoms with E-state index in [0.29, 0.717) is 0 Å². The molecule has 20 heavy (non-hydrogen) atoms. The minimum Gasteiger partial charge on any atom is -0.356 e. The average Bonchev–Trinajstić information content (AvgIpc) is 2.87. The van der Waals surface area contributed by atoms with Crippen molar-refractivity contribution < 1.29 is 9.47 Å². The lowest BCUT2D eigenvalue weighted by Crippen LogP contribution is -2.45. The zero-order valence-corrected chi connectivity index (χ0v) is 12.7. The standard InChI is InChI=1S/C16H24N2O2/c1-15(2,3)13-4-5-14(17-12-13)18-8-6-16(7-9-18)19-10-11-20-16/h4-5,12H,6-11H2,1-3H3. The van der Waals surface area contributed by atoms with Gasteiger partial charge in [0.2, 0.25) is 0 Å². The van der Waals surface area contributed by atoms with E-state index in [2.05, 4.69) is 42.8 Å². The molecule has 3 heterocycles. The molecule has 2 aliphatic heterocycles. The van der Waals surface area contributed by atoms with Gasteiger partial charge in [-0.05, 0) is 17.0 Å². The Bertz CT molecular complexity index is 448. The number of aromatic nitrogens is 1. The SMILES string of the molecule is CC(C)(C)c1ccc(N2CCC3(CC2)OCCO3)nc1. The van der Waals surface area contributed by atoms with Crippen molar-refractivity contribution in [2.45, 2.75) is 44.8 Å². The second-order valence-corrected chi connectivity index (χ2v) is 6.75. The smallest absolute Gasteiger partial charge is 0.171 e. The Morgan fingerprint density at radius 1 is 1.10 bits per heavy atom. The van der Waals surface area contributed by atoms with Crippen molar-refractivity contribution in [2.24, 2.45) is 0 Å². The number of nitrogens with zero attached hydrogens (tertiary/aromatic N) is 2. The number of rotatable bonds is 1. The van der Waals surface area contributed by atoms with E-state index in [4.69, 9.17) is 9.47 Å². The molecule has 4 heteroatoms. The summed E-state index contributed by atoms with van der Waals surface area (Å²) in [6.07, 6.45) is 3.85. The van der Waals surface area contributed by atoms with Gasteiger partial charge in [0.1, 0.15) is 5.82 Å². The summed E-state index contributed by atoms with van der Waals surface area (Å²) in [5.41, 5.74) is 1.43. The van der Waals surface area contributed by atoms with Crippen LogP contribution >= 0.6 is 0 Å². The zero-order chi connectivity index (χ0) is 14.2. The van der Waals surface area contributed by atoms with Crippen LogP contribution < -0.4 is 4.90 Å². The summed E-state index contributed by atoms with van der Waals surface area (Å²) < 4.78 is 11.5. The molecule has 2 aliphatic rings. The van der Waals surface area contributed by atoms with Crippen LogP contribution in [0.3, 0.4) is 0 Å². The van der Waals surface area contributed by atoms with Crippen molar-refractivity contribution in [1.29, 1.82) is 0 Å². The van der Waals surface area contributed by atoms with Crippen LogP contribution in [0.2, 0.25) is 0 Å². The first kappa shape index (κ1) is 13.8. The molecule has 1 aromatic rings. The minimum atomic E-state index is -0.304. The van der Waals surface area contributed by atoms with Crippen LogP contribution in [-0.2, 0) is 14.9 Å². The van der Waals surface area contributed by atoms with Crippen LogP contribution in [0.1, 0.15) is 39.2 Å². The van der Waals surface area contributed by atoms with Crippen molar-refractivity contribution >= 4 is 5.82 Å². The predicted octanol–water partition coefficient (Wildman–Crippen LogP) is 2.72. The summed E-state index contributed by atoms with van der Waals surface area (Å²) in [4.78, 5) is 6.95. The fraction of sp³-hybridized carbons (Fsp3) is 0.688. The van der Waals surface area contributed by atoms with Gasteiger partial charge in [-0.2, -0.15) is 0 Å². The average molecular weight is 276 g/mol. The van der Waals surface area contributed by atoms with E-state index in [-0.39, 0.29) is 11.2 Å². The molecule has 0 radical (unpaired) electrons. The van der Waals surface area contributed by atoms with E-state index in [1.165, 1.54) is 5.56 Å². The normalized spacial score (nSPS) is 22.4. The third kappa shape index (κ3) is 2.67. The summed E-state index contributed by atoms with van der Waals surface area (Å²) in [6, 6.07) is 4.32. The molecule has 2 saturated heterocycles. The van der Waals surface area contributed by atoms with E-state index in [0.717, 1.165) is 45.0 Å². The third-order valence-corrected chi connectivity index (χ3v) is 4.28. The van der Waals surface area contributed by atoms with Gasteiger partial charge in [0.05, 0.1) is 13.2 Å². The molecule has 1 aromatic heterocycles. The Balaban J connectivity index is 1.66. The summed E-state index contributed by atoms with van der Waals surface area (Å²) in [6.45, 7) is 10.00. The fourth-order valence-corrected chi connectivity index (χ4v) is 2.88. The van der Waals surface area contributed by atoms with Gasteiger partial charge in [-0.25, -0.2) is 4.98 Å². The molecule has 0 bridgehead atoms. The Kier molecular flexibility index (Phi) is 3.46. The number of anilines is 1. The second-order valence-electron chi connectivity index (χ2n) is 6.75. The van der Waals surface area contributed by atoms with Gasteiger partial charge in [0, 0.05) is 32.1 Å². The largest absolute Gasteiger partial charge is 0.356 e. The first-order valence-corrected chi connectivity index (χ1v) is 7.48. The molecule has 0 aliphatic carbocycles. The maximum Gasteiger partial charge on any atom is 0.171 e. The Morgan fingerprint density at radius 3 is 2.25 bits per heavy atom. The quantitative estimate of drug-likeness (QED) is 0.790. The lowest BCUT2D eigenvalue weighted by atomic mass is 9.88. The molecule has 0 aromatic carbocycles. The van der Waals surface area contributed by atoms with Gasteiger partial charge in [0.15, 0.2) is 5.79 Å². The molecule has 110 valence electrons. The van der Waals surface area contributed by atoms with E-state index >= 15 is 0 Å². The monoisotopic (exact) mass is 276 g/mol. The number of hydrogen-bond donors (Lipinski definition) is 0. The highest BCUT2D eigenvalue weighted by Crippen LogP contribution is 2.33. The highest BCUT2D eigenvalue weighted by Gasteiger charge is 2.39. The molecule has 0 atom stereocenters. The molecule has 0 unspecified atom stereocenters. The van der Waals surface area contributed by atoms with Crippen molar-refractivity contribution in [3.8, 4) is 0 Å². The van der Waals surface area contributed by atoms with E-state index in [9.17, 15) is 0 Å². The number of ether oxygens (including phenoxy) is 2. The maximum atomic E-state index is 5.76. The Morgan fingerprint density at radius 2 is 1.75 bits per heavy atom. The van der Waals surface area contributed by atoms with E-state index in [1.54, 1.807) is 0 Å². The van der Waals surface area contributed by atoms with Crippen LogP contribution in [0.15, 0.2) is 18.3 Å².